The van der Waals surface area contributed by atoms with E-state index < -0.39 is 0 Å². The first-order valence-electron chi connectivity index (χ1n) is 36.0. The Labute approximate surface area is 610 Å². The van der Waals surface area contributed by atoms with Crippen molar-refractivity contribution in [1.29, 1.82) is 0 Å². The molecular weight excluding hydrogens is 1290 g/mol. The number of hydrogen-bond donors (Lipinski definition) is 0. The Bertz CT molecular complexity index is 6900. The highest BCUT2D eigenvalue weighted by atomic mass is 15.0. The fourth-order valence-corrected chi connectivity index (χ4v) is 16.2. The van der Waals surface area contributed by atoms with Gasteiger partial charge in [-0.2, -0.15) is 0 Å². The van der Waals surface area contributed by atoms with Gasteiger partial charge in [0.15, 0.2) is 11.6 Å². The van der Waals surface area contributed by atoms with Gasteiger partial charge >= 0.3 is 0 Å². The molecule has 21 rings (SSSR count). The monoisotopic (exact) mass is 1350 g/mol. The van der Waals surface area contributed by atoms with Crippen LogP contribution < -0.4 is 0 Å². The van der Waals surface area contributed by atoms with Crippen molar-refractivity contribution in [3.63, 3.8) is 0 Å². The van der Waals surface area contributed by atoms with Crippen molar-refractivity contribution in [2.24, 2.45) is 0 Å². The number of benzene rings is 15. The van der Waals surface area contributed by atoms with Gasteiger partial charge in [-0.05, 0) is 138 Å². The summed E-state index contributed by atoms with van der Waals surface area (Å²) in [5, 5.41) is 9.58. The average Bonchev–Trinajstić information content (AvgIpc) is 1.58. The summed E-state index contributed by atoms with van der Waals surface area (Å²) in [5.41, 5.74) is 26.9. The highest BCUT2D eigenvalue weighted by Crippen LogP contribution is 2.43. The Morgan fingerprint density at radius 3 is 0.887 bits per heavy atom. The van der Waals surface area contributed by atoms with Gasteiger partial charge in [-0.1, -0.05) is 261 Å². The topological polar surface area (TPSA) is 71.3 Å². The molecule has 8 nitrogen and oxygen atoms in total. The van der Waals surface area contributed by atoms with E-state index in [1.165, 1.54) is 54.4 Å². The van der Waals surface area contributed by atoms with Crippen LogP contribution in [-0.4, -0.2) is 38.2 Å². The predicted molar refractivity (Wildman–Crippen MR) is 438 cm³/mol. The molecule has 0 aliphatic heterocycles. The lowest BCUT2D eigenvalue weighted by molar-refractivity contribution is 1.16. The summed E-state index contributed by atoms with van der Waals surface area (Å²) in [4.78, 5) is 21.5. The second-order valence-electron chi connectivity index (χ2n) is 27.3. The van der Waals surface area contributed by atoms with E-state index in [1.807, 2.05) is 24.3 Å². The minimum Gasteiger partial charge on any atom is -0.309 e. The van der Waals surface area contributed by atoms with Gasteiger partial charge in [-0.15, -0.1) is 0 Å². The summed E-state index contributed by atoms with van der Waals surface area (Å²) < 4.78 is 9.64. The molecule has 0 saturated carbocycles. The molecule has 494 valence electrons. The van der Waals surface area contributed by atoms with E-state index in [0.29, 0.717) is 11.6 Å². The normalized spacial score (nSPS) is 11.8. The summed E-state index contributed by atoms with van der Waals surface area (Å²) in [7, 11) is 0. The van der Waals surface area contributed by atoms with Crippen molar-refractivity contribution in [1.82, 2.24) is 38.2 Å². The van der Waals surface area contributed by atoms with Crippen LogP contribution in [0.5, 0.6) is 0 Å². The first kappa shape index (κ1) is 60.4. The highest BCUT2D eigenvalue weighted by Gasteiger charge is 2.22. The van der Waals surface area contributed by atoms with Crippen LogP contribution in [0, 0.1) is 0 Å². The van der Waals surface area contributed by atoms with Crippen LogP contribution in [0.2, 0.25) is 0 Å². The van der Waals surface area contributed by atoms with Crippen molar-refractivity contribution in [3.05, 3.63) is 376 Å². The minimum atomic E-state index is 0.639. The number of para-hydroxylation sites is 5. The van der Waals surface area contributed by atoms with E-state index in [2.05, 4.69) is 370 Å². The van der Waals surface area contributed by atoms with E-state index >= 15 is 0 Å². The third kappa shape index (κ3) is 10.1. The molecule has 0 atom stereocenters. The lowest BCUT2D eigenvalue weighted by atomic mass is 9.99. The van der Waals surface area contributed by atoms with E-state index in [1.54, 1.807) is 0 Å². The third-order valence-electron chi connectivity index (χ3n) is 21.2. The van der Waals surface area contributed by atoms with Gasteiger partial charge in [0.05, 0.1) is 66.9 Å². The molecule has 0 fully saturated rings. The molecule has 0 saturated heterocycles. The quantitative estimate of drug-likeness (QED) is 0.122. The molecule has 0 unspecified atom stereocenters. The highest BCUT2D eigenvalue weighted by molar-refractivity contribution is 6.15. The van der Waals surface area contributed by atoms with E-state index in [9.17, 15) is 0 Å². The zero-order valence-electron chi connectivity index (χ0n) is 57.4. The van der Waals surface area contributed by atoms with Crippen molar-refractivity contribution in [3.8, 4) is 113 Å². The SMILES string of the molecule is c1ccc(-c2ccc(-c3nc(-c4cccc(-c5ccc6c7cc(-n8c9ccccc9c9ccccc98)ccc7n(-c7cccc(-c8cc(-c9ccccc9)nc(-c9ccccc9)n8)c7)c6c5)c4)cc(-c4cccc(-n5c6ccccc6c6cc(-n7c8ccccc8c8ccccc87)ccc65)c4)n3)cc2)cc1. The fraction of sp³-hybridized carbons (Fsp3) is 0. The van der Waals surface area contributed by atoms with Crippen LogP contribution in [-0.2, 0) is 0 Å². The zero-order chi connectivity index (χ0) is 69.8. The minimum absolute atomic E-state index is 0.639. The number of nitrogens with zero attached hydrogens (tertiary/aromatic N) is 8. The van der Waals surface area contributed by atoms with E-state index in [4.69, 9.17) is 19.9 Å². The molecule has 0 N–H and O–H groups in total. The van der Waals surface area contributed by atoms with Crippen molar-refractivity contribution >= 4 is 87.2 Å². The molecular formula is C98H62N8. The van der Waals surface area contributed by atoms with Crippen molar-refractivity contribution < 1.29 is 0 Å². The fourth-order valence-electron chi connectivity index (χ4n) is 16.2. The summed E-state index contributed by atoms with van der Waals surface area (Å²) in [6, 6.07) is 135. The molecule has 0 bridgehead atoms. The van der Waals surface area contributed by atoms with Crippen LogP contribution in [0.1, 0.15) is 0 Å². The molecule has 8 heteroatoms. The zero-order valence-corrected chi connectivity index (χ0v) is 57.4. The summed E-state index contributed by atoms with van der Waals surface area (Å²) >= 11 is 0. The van der Waals surface area contributed by atoms with Gasteiger partial charge in [-0.25, -0.2) is 19.9 Å². The van der Waals surface area contributed by atoms with Gasteiger partial charge in [-0.3, -0.25) is 0 Å². The Hall–Kier alpha value is -14.3. The predicted octanol–water partition coefficient (Wildman–Crippen LogP) is 25.0. The Morgan fingerprint density at radius 1 is 0.142 bits per heavy atom. The van der Waals surface area contributed by atoms with Crippen LogP contribution >= 0.6 is 0 Å². The maximum absolute atomic E-state index is 5.50. The number of hydrogen-bond acceptors (Lipinski definition) is 4. The lowest BCUT2D eigenvalue weighted by Crippen LogP contribution is -1.98. The average molecular weight is 1350 g/mol. The molecule has 6 aromatic heterocycles. The van der Waals surface area contributed by atoms with Crippen molar-refractivity contribution in [2.75, 3.05) is 0 Å². The Balaban J connectivity index is 0.709. The molecule has 15 aromatic carbocycles. The lowest BCUT2D eigenvalue weighted by Gasteiger charge is -2.14. The van der Waals surface area contributed by atoms with E-state index in [-0.39, 0.29) is 0 Å². The largest absolute Gasteiger partial charge is 0.309 e. The second-order valence-corrected chi connectivity index (χ2v) is 27.3. The molecule has 21 aromatic rings. The van der Waals surface area contributed by atoms with Gasteiger partial charge in [0, 0.05) is 99.2 Å². The molecule has 0 radical (unpaired) electrons. The first-order chi connectivity index (χ1) is 52.5. The Kier molecular flexibility index (Phi) is 14.1. The van der Waals surface area contributed by atoms with E-state index in [0.717, 1.165) is 134 Å². The number of aromatic nitrogens is 8. The summed E-state index contributed by atoms with van der Waals surface area (Å²) in [6.45, 7) is 0. The molecule has 0 aliphatic rings. The molecule has 6 heterocycles. The van der Waals surface area contributed by atoms with Crippen LogP contribution in [0.4, 0.5) is 0 Å². The van der Waals surface area contributed by atoms with Crippen LogP contribution in [0.15, 0.2) is 376 Å². The number of fused-ring (bicyclic) bond motifs is 12. The molecule has 0 spiro atoms. The first-order valence-corrected chi connectivity index (χ1v) is 36.0. The van der Waals surface area contributed by atoms with Gasteiger partial charge < -0.3 is 18.3 Å². The standard InChI is InChI=1S/C98H62N8/c1-4-23-63(24-5-1)64-45-47-67(48-46-64)98-100-86(62-88(102-98)71-31-21-33-73(56-71)103-93-44-19-14-39-81(93)83-59-75(50-53-94(83)103)104-89-40-15-10-35-77(89)78-36-11-16-41-90(78)104)70-30-20-29-68(55-70)69-49-52-82-84-60-76(105-91-42-17-12-37-79(91)80-38-13-18-43-92(80)105)51-54-95(84)106(96(82)58-69)74-34-22-32-72(57-74)87-61-85(65-25-6-2-7-26-65)99-97(101-87)66-27-8-3-9-28-66/h1-62H. The van der Waals surface area contributed by atoms with Gasteiger partial charge in [0.1, 0.15) is 0 Å². The third-order valence-corrected chi connectivity index (χ3v) is 21.2. The molecule has 0 aliphatic carbocycles. The number of rotatable bonds is 12. The maximum atomic E-state index is 5.50. The summed E-state index contributed by atoms with van der Waals surface area (Å²) in [6.07, 6.45) is 0. The Morgan fingerprint density at radius 2 is 0.425 bits per heavy atom. The molecule has 106 heavy (non-hydrogen) atoms. The van der Waals surface area contributed by atoms with Crippen LogP contribution in [0.25, 0.3) is 200 Å². The van der Waals surface area contributed by atoms with Gasteiger partial charge in [0.2, 0.25) is 0 Å². The van der Waals surface area contributed by atoms with Crippen molar-refractivity contribution in [2.45, 2.75) is 0 Å². The maximum Gasteiger partial charge on any atom is 0.160 e. The summed E-state index contributed by atoms with van der Waals surface area (Å²) in [5.74, 6) is 1.31. The molecule has 0 amide bonds. The van der Waals surface area contributed by atoms with Gasteiger partial charge in [0.25, 0.3) is 0 Å². The van der Waals surface area contributed by atoms with Crippen LogP contribution in [0.3, 0.4) is 0 Å². The second kappa shape index (κ2) is 24.7. The smallest absolute Gasteiger partial charge is 0.160 e.